The van der Waals surface area contributed by atoms with Crippen LogP contribution in [0.5, 0.6) is 0 Å². The van der Waals surface area contributed by atoms with Crippen LogP contribution in [0.2, 0.25) is 0 Å². The fraction of sp³-hybridized carbons (Fsp3) is 0.500. The number of amides is 1. The van der Waals surface area contributed by atoms with Gasteiger partial charge in [-0.15, -0.1) is 0 Å². The maximum Gasteiger partial charge on any atom is 0.255 e. The maximum atomic E-state index is 12.8. The van der Waals surface area contributed by atoms with Gasteiger partial charge in [-0.3, -0.25) is 14.6 Å². The number of piperidine rings is 1. The van der Waals surface area contributed by atoms with E-state index in [2.05, 4.69) is 15.3 Å². The molecule has 7 nitrogen and oxygen atoms in total. The van der Waals surface area contributed by atoms with Crippen LogP contribution in [-0.4, -0.2) is 54.0 Å². The van der Waals surface area contributed by atoms with Crippen molar-refractivity contribution in [1.29, 1.82) is 0 Å². The molecule has 2 heterocycles. The second kappa shape index (κ2) is 8.27. The highest BCUT2D eigenvalue weighted by atomic mass is 16.2. The van der Waals surface area contributed by atoms with Crippen LogP contribution in [0.15, 0.2) is 29.1 Å². The summed E-state index contributed by atoms with van der Waals surface area (Å²) in [5.41, 5.74) is 3.59. The summed E-state index contributed by atoms with van der Waals surface area (Å²) in [5.74, 6) is 0.647. The van der Waals surface area contributed by atoms with Crippen molar-refractivity contribution in [2.24, 2.45) is 0 Å². The third kappa shape index (κ3) is 4.28. The number of nitrogens with zero attached hydrogens (tertiary/aromatic N) is 3. The molecule has 0 saturated carbocycles. The number of likely N-dealkylation sites (tertiary alicyclic amines) is 1. The minimum atomic E-state index is -0.00835. The van der Waals surface area contributed by atoms with Crippen molar-refractivity contribution in [1.82, 2.24) is 14.9 Å². The molecule has 0 unspecified atom stereocenters. The van der Waals surface area contributed by atoms with Gasteiger partial charge in [-0.05, 0) is 62.8 Å². The molecule has 0 atom stereocenters. The van der Waals surface area contributed by atoms with Gasteiger partial charge in [0.1, 0.15) is 0 Å². The SMILES string of the molecule is CN(C)c1ccc(C(=O)N2CCC(Nc3nc4c(c(=O)[nH]3)CCCC4)CC2)cc1. The number of hydrogen-bond acceptors (Lipinski definition) is 5. The number of hydrogen-bond donors (Lipinski definition) is 2. The lowest BCUT2D eigenvalue weighted by atomic mass is 9.97. The first-order chi connectivity index (χ1) is 14.0. The summed E-state index contributed by atoms with van der Waals surface area (Å²) >= 11 is 0. The van der Waals surface area contributed by atoms with Crippen LogP contribution in [0.4, 0.5) is 11.6 Å². The monoisotopic (exact) mass is 395 g/mol. The zero-order chi connectivity index (χ0) is 20.4. The van der Waals surface area contributed by atoms with Crippen LogP contribution >= 0.6 is 0 Å². The molecule has 0 spiro atoms. The van der Waals surface area contributed by atoms with Crippen molar-refractivity contribution in [3.63, 3.8) is 0 Å². The van der Waals surface area contributed by atoms with E-state index in [0.717, 1.165) is 61.0 Å². The number of nitrogens with one attached hydrogen (secondary N) is 2. The number of H-pyrrole nitrogens is 1. The van der Waals surface area contributed by atoms with E-state index in [1.54, 1.807) is 0 Å². The van der Waals surface area contributed by atoms with Gasteiger partial charge in [0, 0.05) is 50.0 Å². The third-order valence-electron chi connectivity index (χ3n) is 5.95. The minimum absolute atomic E-state index is 0.00835. The molecule has 1 aliphatic heterocycles. The van der Waals surface area contributed by atoms with E-state index in [-0.39, 0.29) is 17.5 Å². The molecule has 1 aromatic carbocycles. The summed E-state index contributed by atoms with van der Waals surface area (Å²) < 4.78 is 0. The number of carbonyl (C=O) groups is 1. The van der Waals surface area contributed by atoms with Gasteiger partial charge in [-0.1, -0.05) is 0 Å². The predicted octanol–water partition coefficient (Wildman–Crippen LogP) is 2.43. The first-order valence-corrected chi connectivity index (χ1v) is 10.5. The Hall–Kier alpha value is -2.83. The highest BCUT2D eigenvalue weighted by Crippen LogP contribution is 2.20. The lowest BCUT2D eigenvalue weighted by Crippen LogP contribution is -2.42. The zero-order valence-electron chi connectivity index (χ0n) is 17.2. The first kappa shape index (κ1) is 19.5. The average Bonchev–Trinajstić information content (AvgIpc) is 2.74. The number of anilines is 2. The van der Waals surface area contributed by atoms with Gasteiger partial charge in [0.15, 0.2) is 0 Å². The lowest BCUT2D eigenvalue weighted by molar-refractivity contribution is 0.0718. The summed E-state index contributed by atoms with van der Waals surface area (Å²) in [7, 11) is 3.97. The van der Waals surface area contributed by atoms with Crippen molar-refractivity contribution in [2.75, 3.05) is 37.4 Å². The fourth-order valence-electron chi connectivity index (χ4n) is 4.18. The van der Waals surface area contributed by atoms with Crippen LogP contribution in [0.3, 0.4) is 0 Å². The molecule has 1 aliphatic carbocycles. The molecule has 4 rings (SSSR count). The van der Waals surface area contributed by atoms with E-state index >= 15 is 0 Å². The second-order valence-corrected chi connectivity index (χ2v) is 8.20. The first-order valence-electron chi connectivity index (χ1n) is 10.5. The van der Waals surface area contributed by atoms with Gasteiger partial charge in [0.2, 0.25) is 5.95 Å². The summed E-state index contributed by atoms with van der Waals surface area (Å²) in [4.78, 5) is 36.5. The van der Waals surface area contributed by atoms with Crippen LogP contribution in [0.25, 0.3) is 0 Å². The van der Waals surface area contributed by atoms with E-state index in [1.165, 1.54) is 0 Å². The average molecular weight is 396 g/mol. The van der Waals surface area contributed by atoms with Gasteiger partial charge in [-0.2, -0.15) is 0 Å². The second-order valence-electron chi connectivity index (χ2n) is 8.20. The Labute approximate surface area is 171 Å². The van der Waals surface area contributed by atoms with Crippen molar-refractivity contribution in [3.8, 4) is 0 Å². The summed E-state index contributed by atoms with van der Waals surface area (Å²) in [6, 6.07) is 7.94. The van der Waals surface area contributed by atoms with E-state index in [1.807, 2.05) is 48.2 Å². The molecule has 7 heteroatoms. The Morgan fingerprint density at radius 1 is 1.14 bits per heavy atom. The number of carbonyl (C=O) groups excluding carboxylic acids is 1. The third-order valence-corrected chi connectivity index (χ3v) is 5.95. The van der Waals surface area contributed by atoms with E-state index in [0.29, 0.717) is 19.0 Å². The standard InChI is InChI=1S/C22H29N5O2/c1-26(2)17-9-7-15(8-10-17)21(29)27-13-11-16(12-14-27)23-22-24-19-6-4-3-5-18(19)20(28)25-22/h7-10,16H,3-6,11-14H2,1-2H3,(H2,23,24,25,28). The van der Waals surface area contributed by atoms with E-state index in [4.69, 9.17) is 0 Å². The Morgan fingerprint density at radius 2 is 1.83 bits per heavy atom. The normalized spacial score (nSPS) is 17.0. The summed E-state index contributed by atoms with van der Waals surface area (Å²) in [6.45, 7) is 1.39. The van der Waals surface area contributed by atoms with Crippen LogP contribution in [-0.2, 0) is 12.8 Å². The Morgan fingerprint density at radius 3 is 2.52 bits per heavy atom. The van der Waals surface area contributed by atoms with Crippen molar-refractivity contribution < 1.29 is 4.79 Å². The van der Waals surface area contributed by atoms with Crippen LogP contribution < -0.4 is 15.8 Å². The number of aromatic amines is 1. The molecule has 1 aromatic heterocycles. The number of aromatic nitrogens is 2. The lowest BCUT2D eigenvalue weighted by Gasteiger charge is -2.32. The molecule has 1 amide bonds. The Bertz CT molecular complexity index is 927. The highest BCUT2D eigenvalue weighted by molar-refractivity contribution is 5.94. The molecule has 0 radical (unpaired) electrons. The van der Waals surface area contributed by atoms with E-state index < -0.39 is 0 Å². The largest absolute Gasteiger partial charge is 0.378 e. The molecule has 1 saturated heterocycles. The zero-order valence-corrected chi connectivity index (χ0v) is 17.2. The summed E-state index contributed by atoms with van der Waals surface area (Å²) in [5, 5.41) is 3.38. The fourth-order valence-corrected chi connectivity index (χ4v) is 4.18. The quantitative estimate of drug-likeness (QED) is 0.831. The van der Waals surface area contributed by atoms with Crippen LogP contribution in [0.1, 0.15) is 47.3 Å². The topological polar surface area (TPSA) is 81.3 Å². The van der Waals surface area contributed by atoms with Gasteiger partial charge in [0.25, 0.3) is 11.5 Å². The molecular formula is C22H29N5O2. The molecule has 1 fully saturated rings. The van der Waals surface area contributed by atoms with Gasteiger partial charge < -0.3 is 15.1 Å². The van der Waals surface area contributed by atoms with E-state index in [9.17, 15) is 9.59 Å². The predicted molar refractivity (Wildman–Crippen MR) is 115 cm³/mol. The van der Waals surface area contributed by atoms with Gasteiger partial charge in [0.05, 0.1) is 5.69 Å². The van der Waals surface area contributed by atoms with Gasteiger partial charge in [-0.25, -0.2) is 4.98 Å². The molecule has 2 aromatic rings. The number of rotatable bonds is 4. The number of benzene rings is 1. The smallest absolute Gasteiger partial charge is 0.255 e. The molecule has 154 valence electrons. The minimum Gasteiger partial charge on any atom is -0.378 e. The van der Waals surface area contributed by atoms with Crippen molar-refractivity contribution >= 4 is 17.5 Å². The molecular weight excluding hydrogens is 366 g/mol. The van der Waals surface area contributed by atoms with Crippen molar-refractivity contribution in [3.05, 3.63) is 51.4 Å². The Balaban J connectivity index is 1.35. The maximum absolute atomic E-state index is 12.8. The van der Waals surface area contributed by atoms with Crippen molar-refractivity contribution in [2.45, 2.75) is 44.6 Å². The van der Waals surface area contributed by atoms with Gasteiger partial charge >= 0.3 is 0 Å². The molecule has 2 aliphatic rings. The number of aryl methyl sites for hydroxylation is 1. The molecule has 29 heavy (non-hydrogen) atoms. The highest BCUT2D eigenvalue weighted by Gasteiger charge is 2.24. The van der Waals surface area contributed by atoms with Crippen LogP contribution in [0, 0.1) is 0 Å². The molecule has 0 bridgehead atoms. The molecule has 2 N–H and O–H groups in total. The number of fused-ring (bicyclic) bond motifs is 1. The Kier molecular flexibility index (Phi) is 5.56. The summed E-state index contributed by atoms with van der Waals surface area (Å²) in [6.07, 6.45) is 5.54.